The van der Waals surface area contributed by atoms with Crippen molar-refractivity contribution in [1.82, 2.24) is 0 Å². The van der Waals surface area contributed by atoms with Gasteiger partial charge in [0.25, 0.3) is 0 Å². The number of halogens is 3. The van der Waals surface area contributed by atoms with Gasteiger partial charge >= 0.3 is 69.1 Å². The summed E-state index contributed by atoms with van der Waals surface area (Å²) in [4.78, 5) is 7.06. The van der Waals surface area contributed by atoms with Crippen LogP contribution in [0.2, 0.25) is 0.0125 Å². The third-order valence-corrected chi connectivity index (χ3v) is 2.89. The Labute approximate surface area is 96.0 Å². The van der Waals surface area contributed by atoms with E-state index >= 15 is 0 Å². The number of hydrogen-bond donors (Lipinski definition) is 0. The molecule has 0 saturated heterocycles. The van der Waals surface area contributed by atoms with Crippen molar-refractivity contribution in [3.8, 4) is 0 Å². The molecular formula is C3H5BF3KO3. The van der Waals surface area contributed by atoms with E-state index in [2.05, 4.69) is 14.6 Å². The van der Waals surface area contributed by atoms with E-state index in [4.69, 9.17) is 0 Å². The maximum atomic E-state index is 10.4. The van der Waals surface area contributed by atoms with E-state index < -0.39 is 7.32 Å². The molecule has 60 valence electrons. The van der Waals surface area contributed by atoms with Gasteiger partial charge < -0.3 is 0 Å². The molecule has 0 aromatic heterocycles. The SMILES string of the molecule is FOB(OF)OF.[K][CH]1CC1. The Balaban J connectivity index is 0.000000207. The minimum atomic E-state index is -2.51. The van der Waals surface area contributed by atoms with Gasteiger partial charge in [-0.2, -0.15) is 14.6 Å². The van der Waals surface area contributed by atoms with E-state index in [0.29, 0.717) is 0 Å². The van der Waals surface area contributed by atoms with E-state index in [1.54, 1.807) is 12.8 Å². The van der Waals surface area contributed by atoms with Crippen molar-refractivity contribution in [2.45, 2.75) is 12.9 Å². The summed E-state index contributed by atoms with van der Waals surface area (Å²) in [7, 11) is -2.51. The van der Waals surface area contributed by atoms with Gasteiger partial charge in [0.05, 0.1) is 0 Å². The topological polar surface area (TPSA) is 27.7 Å². The Bertz CT molecular complexity index is 86.4. The second-order valence-corrected chi connectivity index (χ2v) is 4.79. The van der Waals surface area contributed by atoms with Crippen molar-refractivity contribution >= 4 is 56.3 Å². The molecule has 0 radical (unpaired) electrons. The quantitative estimate of drug-likeness (QED) is 0.638. The molecule has 11 heavy (non-hydrogen) atoms. The van der Waals surface area contributed by atoms with Crippen LogP contribution in [0.15, 0.2) is 0 Å². The van der Waals surface area contributed by atoms with E-state index in [9.17, 15) is 13.6 Å². The van der Waals surface area contributed by atoms with Crippen LogP contribution in [0.4, 0.5) is 13.6 Å². The summed E-state index contributed by atoms with van der Waals surface area (Å²) in [6, 6.07) is 0. The predicted octanol–water partition coefficient (Wildman–Crippen LogP) is 1.41. The van der Waals surface area contributed by atoms with Gasteiger partial charge in [0.15, 0.2) is 0 Å². The van der Waals surface area contributed by atoms with Crippen LogP contribution in [0, 0.1) is 0 Å². The Morgan fingerprint density at radius 3 is 1.36 bits per heavy atom. The van der Waals surface area contributed by atoms with Crippen LogP contribution < -0.4 is 0 Å². The van der Waals surface area contributed by atoms with Crippen molar-refractivity contribution in [3.63, 3.8) is 0 Å². The summed E-state index contributed by atoms with van der Waals surface area (Å²) in [5.41, 5.74) is 0. The molecule has 0 spiro atoms. The van der Waals surface area contributed by atoms with Gasteiger partial charge in [-0.3, -0.25) is 0 Å². The van der Waals surface area contributed by atoms with Crippen LogP contribution in [0.25, 0.3) is 0 Å². The fourth-order valence-corrected chi connectivity index (χ4v) is 0.728. The van der Waals surface area contributed by atoms with Crippen LogP contribution in [-0.4, -0.2) is 56.3 Å². The molecule has 0 aromatic rings. The standard InChI is InChI=1S/C3H5.BF3O3.K/c1-2-3-1;2-5-1(6-3)7-4;/h1H,2-3H2;;. The predicted molar refractivity (Wildman–Crippen MR) is 31.1 cm³/mol. The van der Waals surface area contributed by atoms with Gasteiger partial charge in [-0.1, -0.05) is 13.6 Å². The Kier molecular flexibility index (Phi) is 8.99. The molecule has 0 aromatic carbocycles. The molecule has 8 heteroatoms. The average molecular weight is 196 g/mol. The second-order valence-electron chi connectivity index (χ2n) is 2.24. The van der Waals surface area contributed by atoms with Crippen LogP contribution in [0.5, 0.6) is 0 Å². The monoisotopic (exact) mass is 196 g/mol. The molecule has 1 aliphatic carbocycles. The first-order valence-electron chi connectivity index (χ1n) is 3.06. The first-order chi connectivity index (χ1) is 5.24. The zero-order chi connectivity index (χ0) is 8.69. The second kappa shape index (κ2) is 7.99. The fourth-order valence-electron chi connectivity index (χ4n) is 0.208. The van der Waals surface area contributed by atoms with Crippen LogP contribution in [0.3, 0.4) is 0 Å². The van der Waals surface area contributed by atoms with Gasteiger partial charge in [-0.25, -0.2) is 0 Å². The van der Waals surface area contributed by atoms with E-state index in [-0.39, 0.29) is 0 Å². The Morgan fingerprint density at radius 2 is 1.36 bits per heavy atom. The average Bonchev–Trinajstić information content (AvgIpc) is 2.77. The van der Waals surface area contributed by atoms with Crippen LogP contribution >= 0.6 is 0 Å². The molecule has 1 fully saturated rings. The van der Waals surface area contributed by atoms with Crippen molar-refractivity contribution in [2.24, 2.45) is 0 Å². The number of hydrogen-bond acceptors (Lipinski definition) is 3. The van der Waals surface area contributed by atoms with Gasteiger partial charge in [-0.05, 0) is 0 Å². The van der Waals surface area contributed by atoms with Crippen LogP contribution in [-0.2, 0) is 14.6 Å². The first-order valence-corrected chi connectivity index (χ1v) is 4.87. The first kappa shape index (κ1) is 12.4. The summed E-state index contributed by atoms with van der Waals surface area (Å²) in [6.07, 6.45) is 3.14. The van der Waals surface area contributed by atoms with Crippen molar-refractivity contribution in [2.75, 3.05) is 0 Å². The minimum absolute atomic E-state index is 1.17. The zero-order valence-electron chi connectivity index (χ0n) is 5.93. The summed E-state index contributed by atoms with van der Waals surface area (Å²) >= 11 is 1.17. The normalized spacial score (nSPS) is 15.4. The molecule has 0 N–H and O–H groups in total. The Hall–Kier alpha value is 1.37. The fraction of sp³-hybridized carbons (Fsp3) is 1.00. The van der Waals surface area contributed by atoms with Crippen molar-refractivity contribution < 1.29 is 28.2 Å². The Morgan fingerprint density at radius 1 is 1.09 bits per heavy atom. The van der Waals surface area contributed by atoms with Crippen molar-refractivity contribution in [1.29, 1.82) is 0 Å². The summed E-state index contributed by atoms with van der Waals surface area (Å²) < 4.78 is 32.6. The molecule has 0 unspecified atom stereocenters. The van der Waals surface area contributed by atoms with Gasteiger partial charge in [0, 0.05) is 0 Å². The molecule has 1 rings (SSSR count). The summed E-state index contributed by atoms with van der Waals surface area (Å²) in [5.74, 6) is 0. The number of rotatable bonds is 3. The van der Waals surface area contributed by atoms with E-state index in [1.807, 2.05) is 0 Å². The van der Waals surface area contributed by atoms with Crippen molar-refractivity contribution in [3.05, 3.63) is 0 Å². The molecule has 0 heterocycles. The van der Waals surface area contributed by atoms with Gasteiger partial charge in [0.2, 0.25) is 0 Å². The summed E-state index contributed by atoms with van der Waals surface area (Å²) in [6.45, 7) is 0. The molecule has 0 amide bonds. The molecule has 0 bridgehead atoms. The third-order valence-electron chi connectivity index (χ3n) is 1.08. The molecular weight excluding hydrogens is 191 g/mol. The van der Waals surface area contributed by atoms with Gasteiger partial charge in [-0.15, -0.1) is 0 Å². The third kappa shape index (κ3) is 9.28. The molecule has 1 aliphatic rings. The summed E-state index contributed by atoms with van der Waals surface area (Å²) in [5, 5.41) is 0. The van der Waals surface area contributed by atoms with Gasteiger partial charge in [0.1, 0.15) is 0 Å². The zero-order valence-corrected chi connectivity index (χ0v) is 9.05. The molecule has 1 saturated carbocycles. The molecule has 0 atom stereocenters. The molecule has 3 nitrogen and oxygen atoms in total. The van der Waals surface area contributed by atoms with E-state index in [0.717, 1.165) is 0 Å². The molecule has 0 aliphatic heterocycles. The maximum absolute atomic E-state index is 10.4. The van der Waals surface area contributed by atoms with E-state index in [1.165, 1.54) is 49.0 Å². The van der Waals surface area contributed by atoms with Crippen LogP contribution in [0.1, 0.15) is 12.8 Å².